The first-order valence-electron chi connectivity index (χ1n) is 11.4. The summed E-state index contributed by atoms with van der Waals surface area (Å²) < 4.78 is 84.1. The molecular weight excluding hydrogens is 530 g/mol. The Balaban J connectivity index is 1.41. The Labute approximate surface area is 214 Å². The van der Waals surface area contributed by atoms with Gasteiger partial charge in [-0.15, -0.1) is 0 Å². The van der Waals surface area contributed by atoms with E-state index in [2.05, 4.69) is 15.2 Å². The smallest absolute Gasteiger partial charge is 0.335 e. The second kappa shape index (κ2) is 9.16. The molecule has 0 saturated carbocycles. The van der Waals surface area contributed by atoms with Crippen molar-refractivity contribution in [2.45, 2.75) is 18.0 Å². The van der Waals surface area contributed by atoms with Gasteiger partial charge in [-0.2, -0.15) is 27.7 Å². The topological polar surface area (TPSA) is 106 Å². The van der Waals surface area contributed by atoms with Crippen LogP contribution in [0.3, 0.4) is 0 Å². The molecule has 1 aliphatic heterocycles. The van der Waals surface area contributed by atoms with Gasteiger partial charge in [0.25, 0.3) is 5.91 Å². The van der Waals surface area contributed by atoms with E-state index in [1.54, 1.807) is 14.0 Å². The third kappa shape index (κ3) is 4.51. The fraction of sp³-hybridized carbons (Fsp3) is 0.304. The van der Waals surface area contributed by atoms with Crippen molar-refractivity contribution in [2.24, 2.45) is 7.05 Å². The molecule has 0 N–H and O–H groups in total. The van der Waals surface area contributed by atoms with Gasteiger partial charge in [0.2, 0.25) is 10.0 Å². The monoisotopic (exact) mass is 551 g/mol. The molecule has 4 aromatic rings. The number of hydrogen-bond donors (Lipinski definition) is 0. The van der Waals surface area contributed by atoms with Crippen LogP contribution in [0.5, 0.6) is 0 Å². The van der Waals surface area contributed by atoms with Gasteiger partial charge in [0, 0.05) is 44.9 Å². The van der Waals surface area contributed by atoms with Gasteiger partial charge in [0.15, 0.2) is 17.0 Å². The number of benzene rings is 1. The quantitative estimate of drug-likeness (QED) is 0.361. The van der Waals surface area contributed by atoms with Gasteiger partial charge in [-0.1, -0.05) is 0 Å². The van der Waals surface area contributed by atoms with Crippen molar-refractivity contribution in [1.29, 1.82) is 0 Å². The average Bonchev–Trinajstić information content (AvgIpc) is 3.46. The van der Waals surface area contributed by atoms with Crippen LogP contribution in [0.1, 0.15) is 21.9 Å². The van der Waals surface area contributed by atoms with E-state index in [0.29, 0.717) is 10.2 Å². The van der Waals surface area contributed by atoms with Gasteiger partial charge in [-0.05, 0) is 37.3 Å². The zero-order valence-electron chi connectivity index (χ0n) is 20.1. The highest BCUT2D eigenvalue weighted by Gasteiger charge is 2.37. The number of nitrogens with zero attached hydrogens (tertiary/aromatic N) is 7. The van der Waals surface area contributed by atoms with E-state index in [0.717, 1.165) is 24.3 Å². The lowest BCUT2D eigenvalue weighted by atomic mass is 10.1. The molecule has 1 fully saturated rings. The van der Waals surface area contributed by atoms with Gasteiger partial charge in [-0.3, -0.25) is 9.48 Å². The van der Waals surface area contributed by atoms with Crippen molar-refractivity contribution in [3.8, 4) is 11.3 Å². The molecule has 200 valence electrons. The molecule has 3 aromatic heterocycles. The lowest BCUT2D eigenvalue weighted by Gasteiger charge is -2.33. The SMILES string of the molecule is Cc1c(S(=O)(=O)N2CCN(C(=O)c3cc4nc(-c5ccc(F)cc5)cc(C(F)(F)F)n4n3)CC2)cnn1C. The first-order chi connectivity index (χ1) is 17.9. The van der Waals surface area contributed by atoms with Crippen LogP contribution in [0.15, 0.2) is 47.5 Å². The van der Waals surface area contributed by atoms with Crippen molar-refractivity contribution in [3.63, 3.8) is 0 Å². The molecule has 15 heteroatoms. The molecule has 0 atom stereocenters. The predicted octanol–water partition coefficient (Wildman–Crippen LogP) is 2.74. The minimum Gasteiger partial charge on any atom is -0.335 e. The Kier molecular flexibility index (Phi) is 6.22. The molecule has 0 radical (unpaired) electrons. The van der Waals surface area contributed by atoms with E-state index in [4.69, 9.17) is 0 Å². The zero-order valence-corrected chi connectivity index (χ0v) is 21.0. The number of amides is 1. The fourth-order valence-electron chi connectivity index (χ4n) is 4.21. The summed E-state index contributed by atoms with van der Waals surface area (Å²) in [6.45, 7) is 1.66. The second-order valence-electron chi connectivity index (χ2n) is 8.74. The van der Waals surface area contributed by atoms with E-state index in [1.807, 2.05) is 0 Å². The fourth-order valence-corrected chi connectivity index (χ4v) is 5.82. The Morgan fingerprint density at radius 3 is 2.26 bits per heavy atom. The average molecular weight is 552 g/mol. The van der Waals surface area contributed by atoms with Crippen LogP contribution in [-0.2, 0) is 23.2 Å². The van der Waals surface area contributed by atoms with E-state index in [1.165, 1.54) is 32.2 Å². The highest BCUT2D eigenvalue weighted by molar-refractivity contribution is 7.89. The first kappa shape index (κ1) is 25.8. The summed E-state index contributed by atoms with van der Waals surface area (Å²) in [4.78, 5) is 18.7. The van der Waals surface area contributed by atoms with E-state index >= 15 is 0 Å². The van der Waals surface area contributed by atoms with Crippen LogP contribution < -0.4 is 0 Å². The lowest BCUT2D eigenvalue weighted by molar-refractivity contribution is -0.142. The molecule has 0 unspecified atom stereocenters. The number of fused-ring (bicyclic) bond motifs is 1. The maximum absolute atomic E-state index is 13.9. The molecule has 1 aromatic carbocycles. The van der Waals surface area contributed by atoms with Crippen molar-refractivity contribution in [1.82, 2.24) is 33.6 Å². The number of aromatic nitrogens is 5. The summed E-state index contributed by atoms with van der Waals surface area (Å²) in [5.74, 6) is -1.20. The normalized spacial score (nSPS) is 15.4. The summed E-state index contributed by atoms with van der Waals surface area (Å²) in [5.41, 5.74) is -0.956. The maximum Gasteiger partial charge on any atom is 0.433 e. The summed E-state index contributed by atoms with van der Waals surface area (Å²) in [7, 11) is -2.20. The molecular formula is C23H21F4N7O3S. The van der Waals surface area contributed by atoms with Gasteiger partial charge in [0.05, 0.1) is 17.6 Å². The summed E-state index contributed by atoms with van der Waals surface area (Å²) in [5, 5.41) is 7.84. The molecule has 1 amide bonds. The Morgan fingerprint density at radius 1 is 1.03 bits per heavy atom. The minimum atomic E-state index is -4.81. The number of sulfonamides is 1. The number of rotatable bonds is 4. The van der Waals surface area contributed by atoms with Crippen molar-refractivity contribution in [2.75, 3.05) is 26.2 Å². The molecule has 1 saturated heterocycles. The summed E-state index contributed by atoms with van der Waals surface area (Å²) in [6, 6.07) is 6.75. The van der Waals surface area contributed by atoms with Gasteiger partial charge in [0.1, 0.15) is 10.7 Å². The maximum atomic E-state index is 13.9. The number of carbonyl (C=O) groups is 1. The predicted molar refractivity (Wildman–Crippen MR) is 126 cm³/mol. The number of halogens is 4. The van der Waals surface area contributed by atoms with Crippen LogP contribution in [0.4, 0.5) is 17.6 Å². The van der Waals surface area contributed by atoms with Crippen LogP contribution in [-0.4, -0.2) is 74.1 Å². The first-order valence-corrected chi connectivity index (χ1v) is 12.8. The third-order valence-corrected chi connectivity index (χ3v) is 8.41. The third-order valence-electron chi connectivity index (χ3n) is 6.41. The standard InChI is InChI=1S/C23H21F4N7O3S/c1-14-19(13-28-31(14)2)38(36,37)33-9-7-32(8-10-33)22(35)18-12-21-29-17(15-3-5-16(24)6-4-15)11-20(23(25,26)27)34(21)30-18/h3-6,11-13H,7-10H2,1-2H3. The number of aryl methyl sites for hydroxylation is 1. The lowest BCUT2D eigenvalue weighted by Crippen LogP contribution is -2.50. The van der Waals surface area contributed by atoms with Crippen molar-refractivity contribution in [3.05, 3.63) is 65.5 Å². The second-order valence-corrected chi connectivity index (χ2v) is 10.7. The summed E-state index contributed by atoms with van der Waals surface area (Å²) >= 11 is 0. The highest BCUT2D eigenvalue weighted by atomic mass is 32.2. The van der Waals surface area contributed by atoms with Gasteiger partial charge < -0.3 is 4.90 Å². The number of alkyl halides is 3. The molecule has 38 heavy (non-hydrogen) atoms. The number of piperazine rings is 1. The Hall–Kier alpha value is -3.85. The van der Waals surface area contributed by atoms with Gasteiger partial charge in [-0.25, -0.2) is 22.3 Å². The summed E-state index contributed by atoms with van der Waals surface area (Å²) in [6.07, 6.45) is -3.54. The van der Waals surface area contributed by atoms with E-state index < -0.39 is 33.6 Å². The van der Waals surface area contributed by atoms with Crippen LogP contribution in [0.2, 0.25) is 0 Å². The van der Waals surface area contributed by atoms with Crippen molar-refractivity contribution >= 4 is 21.6 Å². The molecule has 10 nitrogen and oxygen atoms in total. The highest BCUT2D eigenvalue weighted by Crippen LogP contribution is 2.32. The Morgan fingerprint density at radius 2 is 1.68 bits per heavy atom. The largest absolute Gasteiger partial charge is 0.433 e. The van der Waals surface area contributed by atoms with E-state index in [-0.39, 0.29) is 53.7 Å². The van der Waals surface area contributed by atoms with Crippen LogP contribution in [0, 0.1) is 12.7 Å². The van der Waals surface area contributed by atoms with E-state index in [9.17, 15) is 30.8 Å². The van der Waals surface area contributed by atoms with Crippen molar-refractivity contribution < 1.29 is 30.8 Å². The number of hydrogen-bond acceptors (Lipinski definition) is 6. The molecule has 5 rings (SSSR count). The van der Waals surface area contributed by atoms with Crippen LogP contribution >= 0.6 is 0 Å². The molecule has 0 aliphatic carbocycles. The Bertz CT molecular complexity index is 1640. The molecule has 1 aliphatic rings. The molecule has 0 bridgehead atoms. The number of carbonyl (C=O) groups excluding carboxylic acids is 1. The molecule has 4 heterocycles. The zero-order chi connectivity index (χ0) is 27.4. The van der Waals surface area contributed by atoms with Gasteiger partial charge >= 0.3 is 6.18 Å². The molecule has 0 spiro atoms. The van der Waals surface area contributed by atoms with Crippen LogP contribution in [0.25, 0.3) is 16.9 Å². The minimum absolute atomic E-state index is 0.00343.